The number of hydrogen-bond acceptors (Lipinski definition) is 4. The summed E-state index contributed by atoms with van der Waals surface area (Å²) in [7, 11) is 0. The summed E-state index contributed by atoms with van der Waals surface area (Å²) in [6.07, 6.45) is 5.08. The van der Waals surface area contributed by atoms with Crippen LogP contribution >= 0.6 is 0 Å². The quantitative estimate of drug-likeness (QED) is 0.878. The van der Waals surface area contributed by atoms with Gasteiger partial charge in [0, 0.05) is 17.9 Å². The van der Waals surface area contributed by atoms with E-state index in [1.807, 2.05) is 29.5 Å². The Labute approximate surface area is 134 Å². The second kappa shape index (κ2) is 6.40. The van der Waals surface area contributed by atoms with E-state index in [0.29, 0.717) is 5.65 Å². The third-order valence-electron chi connectivity index (χ3n) is 4.26. The van der Waals surface area contributed by atoms with Crippen molar-refractivity contribution in [3.05, 3.63) is 35.8 Å². The number of ether oxygens (including phenoxy) is 1. The Bertz CT molecular complexity index is 732. The normalized spacial score (nSPS) is 16.4. The Hall–Kier alpha value is -2.37. The molecule has 122 valence electrons. The summed E-state index contributed by atoms with van der Waals surface area (Å²) >= 11 is 0. The van der Waals surface area contributed by atoms with Crippen molar-refractivity contribution in [2.24, 2.45) is 0 Å². The Morgan fingerprint density at radius 1 is 1.35 bits per heavy atom. The van der Waals surface area contributed by atoms with Gasteiger partial charge < -0.3 is 14.5 Å². The third kappa shape index (κ3) is 3.36. The molecule has 6 nitrogen and oxygen atoms in total. The number of rotatable bonds is 4. The number of pyridine rings is 1. The van der Waals surface area contributed by atoms with E-state index in [9.17, 15) is 9.59 Å². The SMILES string of the molecule is Cc1cccc2nc(C(=O)OC(C)C(=O)NC3CCCC3)cn12. The van der Waals surface area contributed by atoms with E-state index in [2.05, 4.69) is 10.3 Å². The number of aryl methyl sites for hydroxylation is 1. The second-order valence-electron chi connectivity index (χ2n) is 6.06. The minimum atomic E-state index is -0.825. The summed E-state index contributed by atoms with van der Waals surface area (Å²) in [5.41, 5.74) is 1.86. The lowest BCUT2D eigenvalue weighted by Gasteiger charge is -2.16. The van der Waals surface area contributed by atoms with Crippen LogP contribution in [0.4, 0.5) is 0 Å². The largest absolute Gasteiger partial charge is 0.448 e. The highest BCUT2D eigenvalue weighted by Crippen LogP contribution is 2.18. The van der Waals surface area contributed by atoms with Crippen LogP contribution in [0.25, 0.3) is 5.65 Å². The van der Waals surface area contributed by atoms with Crippen LogP contribution in [0.1, 0.15) is 48.8 Å². The molecule has 0 aromatic carbocycles. The van der Waals surface area contributed by atoms with Gasteiger partial charge in [-0.2, -0.15) is 0 Å². The van der Waals surface area contributed by atoms with Crippen LogP contribution in [-0.4, -0.2) is 33.4 Å². The minimum absolute atomic E-state index is 0.208. The molecule has 1 unspecified atom stereocenters. The molecule has 3 rings (SSSR count). The Kier molecular flexibility index (Phi) is 4.32. The highest BCUT2D eigenvalue weighted by atomic mass is 16.5. The molecule has 1 aliphatic carbocycles. The number of carbonyl (C=O) groups excluding carboxylic acids is 2. The van der Waals surface area contributed by atoms with Gasteiger partial charge in [0.15, 0.2) is 11.8 Å². The van der Waals surface area contributed by atoms with Crippen LogP contribution in [0, 0.1) is 6.92 Å². The topological polar surface area (TPSA) is 72.7 Å². The zero-order valence-corrected chi connectivity index (χ0v) is 13.4. The van der Waals surface area contributed by atoms with Crippen molar-refractivity contribution in [3.8, 4) is 0 Å². The molecule has 1 N–H and O–H groups in total. The number of nitrogens with one attached hydrogen (secondary N) is 1. The summed E-state index contributed by atoms with van der Waals surface area (Å²) in [6, 6.07) is 5.84. The summed E-state index contributed by atoms with van der Waals surface area (Å²) in [4.78, 5) is 28.5. The van der Waals surface area contributed by atoms with Crippen molar-refractivity contribution in [1.82, 2.24) is 14.7 Å². The maximum Gasteiger partial charge on any atom is 0.359 e. The molecule has 0 bridgehead atoms. The monoisotopic (exact) mass is 315 g/mol. The fourth-order valence-electron chi connectivity index (χ4n) is 2.91. The van der Waals surface area contributed by atoms with Crippen LogP contribution in [0.2, 0.25) is 0 Å². The first-order valence-corrected chi connectivity index (χ1v) is 8.00. The van der Waals surface area contributed by atoms with Gasteiger partial charge in [-0.3, -0.25) is 4.79 Å². The standard InChI is InChI=1S/C17H21N3O3/c1-11-6-5-9-15-19-14(10-20(11)15)17(22)23-12(2)16(21)18-13-7-3-4-8-13/h5-6,9-10,12-13H,3-4,7-8H2,1-2H3,(H,18,21). The van der Waals surface area contributed by atoms with Crippen molar-refractivity contribution in [2.45, 2.75) is 51.7 Å². The fourth-order valence-corrected chi connectivity index (χ4v) is 2.91. The lowest BCUT2D eigenvalue weighted by atomic mass is 10.2. The van der Waals surface area contributed by atoms with Gasteiger partial charge in [-0.05, 0) is 38.8 Å². The molecule has 23 heavy (non-hydrogen) atoms. The van der Waals surface area contributed by atoms with E-state index in [4.69, 9.17) is 4.74 Å². The molecule has 1 amide bonds. The summed E-state index contributed by atoms with van der Waals surface area (Å²) in [5.74, 6) is -0.827. The molecule has 2 aromatic heterocycles. The van der Waals surface area contributed by atoms with E-state index >= 15 is 0 Å². The smallest absolute Gasteiger partial charge is 0.359 e. The van der Waals surface area contributed by atoms with Gasteiger partial charge in [0.25, 0.3) is 5.91 Å². The number of hydrogen-bond donors (Lipinski definition) is 1. The number of imidazole rings is 1. The summed E-state index contributed by atoms with van der Waals surface area (Å²) < 4.78 is 7.07. The average molecular weight is 315 g/mol. The van der Waals surface area contributed by atoms with Gasteiger partial charge in [0.1, 0.15) is 5.65 Å². The second-order valence-corrected chi connectivity index (χ2v) is 6.06. The van der Waals surface area contributed by atoms with Gasteiger partial charge in [0.05, 0.1) is 0 Å². The van der Waals surface area contributed by atoms with E-state index in [0.717, 1.165) is 31.4 Å². The van der Waals surface area contributed by atoms with E-state index in [1.54, 1.807) is 13.1 Å². The molecule has 6 heteroatoms. The molecule has 1 saturated carbocycles. The summed E-state index contributed by atoms with van der Waals surface area (Å²) in [6.45, 7) is 3.52. The molecule has 2 aromatic rings. The van der Waals surface area contributed by atoms with Crippen LogP contribution in [0.5, 0.6) is 0 Å². The Morgan fingerprint density at radius 2 is 2.09 bits per heavy atom. The van der Waals surface area contributed by atoms with Crippen molar-refractivity contribution < 1.29 is 14.3 Å². The first kappa shape index (κ1) is 15.5. The lowest BCUT2D eigenvalue weighted by molar-refractivity contribution is -0.129. The van der Waals surface area contributed by atoms with Gasteiger partial charge >= 0.3 is 5.97 Å². The minimum Gasteiger partial charge on any atom is -0.448 e. The van der Waals surface area contributed by atoms with E-state index in [-0.39, 0.29) is 17.6 Å². The fraction of sp³-hybridized carbons (Fsp3) is 0.471. The van der Waals surface area contributed by atoms with Crippen LogP contribution in [0.15, 0.2) is 24.4 Å². The van der Waals surface area contributed by atoms with Crippen molar-refractivity contribution in [2.75, 3.05) is 0 Å². The molecule has 0 spiro atoms. The van der Waals surface area contributed by atoms with Crippen molar-refractivity contribution in [3.63, 3.8) is 0 Å². The van der Waals surface area contributed by atoms with Crippen molar-refractivity contribution >= 4 is 17.5 Å². The molecule has 0 saturated heterocycles. The molecular weight excluding hydrogens is 294 g/mol. The first-order chi connectivity index (χ1) is 11.0. The number of amides is 1. The zero-order valence-electron chi connectivity index (χ0n) is 13.4. The highest BCUT2D eigenvalue weighted by molar-refractivity contribution is 5.91. The lowest BCUT2D eigenvalue weighted by Crippen LogP contribution is -2.40. The molecule has 2 heterocycles. The number of carbonyl (C=O) groups is 2. The van der Waals surface area contributed by atoms with Gasteiger partial charge in [-0.15, -0.1) is 0 Å². The van der Waals surface area contributed by atoms with Crippen LogP contribution < -0.4 is 5.32 Å². The van der Waals surface area contributed by atoms with E-state index < -0.39 is 12.1 Å². The summed E-state index contributed by atoms with van der Waals surface area (Å²) in [5, 5.41) is 2.93. The number of fused-ring (bicyclic) bond motifs is 1. The molecule has 1 fully saturated rings. The van der Waals surface area contributed by atoms with Gasteiger partial charge in [0.2, 0.25) is 0 Å². The zero-order chi connectivity index (χ0) is 16.4. The number of esters is 1. The van der Waals surface area contributed by atoms with Gasteiger partial charge in [-0.25, -0.2) is 9.78 Å². The molecule has 1 atom stereocenters. The predicted octanol–water partition coefficient (Wildman–Crippen LogP) is 2.25. The molecule has 0 aliphatic heterocycles. The Balaban J connectivity index is 1.65. The average Bonchev–Trinajstić information content (AvgIpc) is 3.16. The van der Waals surface area contributed by atoms with Crippen LogP contribution in [-0.2, 0) is 9.53 Å². The molecule has 1 aliphatic rings. The van der Waals surface area contributed by atoms with E-state index in [1.165, 1.54) is 0 Å². The molecular formula is C17H21N3O3. The number of aromatic nitrogens is 2. The molecule has 0 radical (unpaired) electrons. The maximum atomic E-state index is 12.2. The van der Waals surface area contributed by atoms with Crippen molar-refractivity contribution in [1.29, 1.82) is 0 Å². The Morgan fingerprint density at radius 3 is 2.78 bits per heavy atom. The number of nitrogens with zero attached hydrogens (tertiary/aromatic N) is 2. The highest BCUT2D eigenvalue weighted by Gasteiger charge is 2.24. The van der Waals surface area contributed by atoms with Gasteiger partial charge in [-0.1, -0.05) is 18.9 Å². The first-order valence-electron chi connectivity index (χ1n) is 8.00. The third-order valence-corrected chi connectivity index (χ3v) is 4.26. The van der Waals surface area contributed by atoms with Crippen LogP contribution in [0.3, 0.4) is 0 Å². The predicted molar refractivity (Wildman–Crippen MR) is 85.2 cm³/mol. The maximum absolute atomic E-state index is 12.2.